The Bertz CT molecular complexity index is 403. The van der Waals surface area contributed by atoms with Crippen molar-refractivity contribution in [3.8, 4) is 0 Å². The topological polar surface area (TPSA) is 15.3 Å². The molecule has 0 saturated carbocycles. The van der Waals surface area contributed by atoms with Gasteiger partial charge in [-0.25, -0.2) is 8.78 Å². The van der Waals surface area contributed by atoms with Crippen LogP contribution in [-0.4, -0.2) is 30.6 Å². The molecule has 1 aliphatic heterocycles. The van der Waals surface area contributed by atoms with Crippen molar-refractivity contribution in [1.82, 2.24) is 10.2 Å². The zero-order chi connectivity index (χ0) is 14.4. The first kappa shape index (κ1) is 15.4. The van der Waals surface area contributed by atoms with Gasteiger partial charge in [-0.15, -0.1) is 0 Å². The van der Waals surface area contributed by atoms with E-state index in [0.29, 0.717) is 12.6 Å². The molecule has 2 nitrogen and oxygen atoms in total. The Morgan fingerprint density at radius 1 is 1.20 bits per heavy atom. The van der Waals surface area contributed by atoms with Gasteiger partial charge in [-0.2, -0.15) is 0 Å². The van der Waals surface area contributed by atoms with Crippen LogP contribution in [0.4, 0.5) is 8.78 Å². The van der Waals surface area contributed by atoms with Crippen LogP contribution in [0.25, 0.3) is 0 Å². The zero-order valence-electron chi connectivity index (χ0n) is 12.2. The van der Waals surface area contributed by atoms with Crippen LogP contribution in [0.15, 0.2) is 18.2 Å². The van der Waals surface area contributed by atoms with E-state index in [4.69, 9.17) is 0 Å². The quantitative estimate of drug-likeness (QED) is 0.805. The minimum atomic E-state index is -0.488. The minimum absolute atomic E-state index is 0.474. The van der Waals surface area contributed by atoms with E-state index in [9.17, 15) is 8.78 Å². The molecule has 1 aliphatic rings. The molecule has 1 aromatic carbocycles. The van der Waals surface area contributed by atoms with Crippen molar-refractivity contribution in [2.45, 2.75) is 45.2 Å². The van der Waals surface area contributed by atoms with Gasteiger partial charge in [-0.3, -0.25) is 4.90 Å². The van der Waals surface area contributed by atoms with E-state index in [1.807, 2.05) is 0 Å². The van der Waals surface area contributed by atoms with Crippen LogP contribution in [0.2, 0.25) is 0 Å². The van der Waals surface area contributed by atoms with Crippen molar-refractivity contribution in [2.75, 3.05) is 19.6 Å². The summed E-state index contributed by atoms with van der Waals surface area (Å²) in [5.41, 5.74) is 0.727. The van der Waals surface area contributed by atoms with Crippen LogP contribution in [0.5, 0.6) is 0 Å². The van der Waals surface area contributed by atoms with E-state index < -0.39 is 11.6 Å². The van der Waals surface area contributed by atoms with Gasteiger partial charge >= 0.3 is 0 Å². The third-order valence-electron chi connectivity index (χ3n) is 3.86. The fraction of sp³-hybridized carbons (Fsp3) is 0.625. The summed E-state index contributed by atoms with van der Waals surface area (Å²) in [5.74, 6) is -0.977. The number of hydrogen-bond donors (Lipinski definition) is 1. The molecule has 2 rings (SSSR count). The van der Waals surface area contributed by atoms with Crippen LogP contribution in [0.3, 0.4) is 0 Å². The van der Waals surface area contributed by atoms with Crippen molar-refractivity contribution in [1.29, 1.82) is 0 Å². The molecule has 0 spiro atoms. The van der Waals surface area contributed by atoms with Crippen molar-refractivity contribution >= 4 is 0 Å². The number of hydrogen-bond acceptors (Lipinski definition) is 2. The van der Waals surface area contributed by atoms with Gasteiger partial charge in [0.1, 0.15) is 11.6 Å². The molecule has 1 N–H and O–H groups in total. The third-order valence-corrected chi connectivity index (χ3v) is 3.86. The molecule has 4 heteroatoms. The fourth-order valence-electron chi connectivity index (χ4n) is 2.88. The summed E-state index contributed by atoms with van der Waals surface area (Å²) in [7, 11) is 0. The van der Waals surface area contributed by atoms with E-state index in [1.165, 1.54) is 25.0 Å². The van der Waals surface area contributed by atoms with E-state index in [0.717, 1.165) is 44.1 Å². The molecule has 1 atom stereocenters. The Labute approximate surface area is 120 Å². The third kappa shape index (κ3) is 4.53. The van der Waals surface area contributed by atoms with Crippen LogP contribution >= 0.6 is 0 Å². The minimum Gasteiger partial charge on any atom is -0.315 e. The van der Waals surface area contributed by atoms with Crippen molar-refractivity contribution < 1.29 is 8.78 Å². The molecule has 112 valence electrons. The first-order valence-corrected chi connectivity index (χ1v) is 7.58. The highest BCUT2D eigenvalue weighted by Gasteiger charge is 2.22. The second-order valence-corrected chi connectivity index (χ2v) is 5.60. The Morgan fingerprint density at radius 2 is 1.95 bits per heavy atom. The highest BCUT2D eigenvalue weighted by Crippen LogP contribution is 2.20. The largest absolute Gasteiger partial charge is 0.315 e. The van der Waals surface area contributed by atoms with Gasteiger partial charge < -0.3 is 5.32 Å². The lowest BCUT2D eigenvalue weighted by Gasteiger charge is -2.36. The predicted octanol–water partition coefficient (Wildman–Crippen LogP) is 3.32. The van der Waals surface area contributed by atoms with Gasteiger partial charge in [0, 0.05) is 25.2 Å². The molecular formula is C16H24F2N2. The summed E-state index contributed by atoms with van der Waals surface area (Å²) in [6.07, 6.45) is 4.70. The van der Waals surface area contributed by atoms with E-state index in [1.54, 1.807) is 0 Å². The number of rotatable bonds is 6. The number of nitrogens with one attached hydrogen (secondary N) is 1. The number of benzene rings is 1. The Balaban J connectivity index is 1.96. The number of likely N-dealkylation sites (tertiary alicyclic amines) is 1. The first-order valence-electron chi connectivity index (χ1n) is 7.58. The molecule has 1 fully saturated rings. The van der Waals surface area contributed by atoms with Crippen molar-refractivity contribution in [2.24, 2.45) is 0 Å². The Hall–Kier alpha value is -1.00. The first-order chi connectivity index (χ1) is 9.69. The number of nitrogens with zero attached hydrogens (tertiary/aromatic N) is 1. The van der Waals surface area contributed by atoms with Crippen LogP contribution < -0.4 is 5.32 Å². The molecular weight excluding hydrogens is 258 g/mol. The van der Waals surface area contributed by atoms with Crippen molar-refractivity contribution in [3.63, 3.8) is 0 Å². The molecule has 1 heterocycles. The van der Waals surface area contributed by atoms with Gasteiger partial charge in [-0.1, -0.05) is 13.3 Å². The zero-order valence-corrected chi connectivity index (χ0v) is 12.2. The molecule has 0 bridgehead atoms. The number of halogens is 2. The fourth-order valence-corrected chi connectivity index (χ4v) is 2.88. The van der Waals surface area contributed by atoms with Gasteiger partial charge in [0.15, 0.2) is 0 Å². The van der Waals surface area contributed by atoms with Crippen LogP contribution in [0.1, 0.15) is 38.2 Å². The Morgan fingerprint density at radius 3 is 2.65 bits per heavy atom. The van der Waals surface area contributed by atoms with Crippen LogP contribution in [0, 0.1) is 11.6 Å². The Kier molecular flexibility index (Phi) is 5.92. The number of piperidine rings is 1. The maximum absolute atomic E-state index is 13.3. The SMILES string of the molecule is CCCNCC1CCCCN1Cc1cc(F)cc(F)c1. The highest BCUT2D eigenvalue weighted by atomic mass is 19.1. The molecule has 20 heavy (non-hydrogen) atoms. The highest BCUT2D eigenvalue weighted by molar-refractivity contribution is 5.18. The molecule has 1 unspecified atom stereocenters. The van der Waals surface area contributed by atoms with Gasteiger partial charge in [0.2, 0.25) is 0 Å². The second kappa shape index (κ2) is 7.70. The maximum Gasteiger partial charge on any atom is 0.126 e. The normalized spacial score (nSPS) is 20.2. The molecule has 0 aliphatic carbocycles. The maximum atomic E-state index is 13.3. The van der Waals surface area contributed by atoms with Crippen molar-refractivity contribution in [3.05, 3.63) is 35.4 Å². The smallest absolute Gasteiger partial charge is 0.126 e. The molecule has 1 aromatic rings. The second-order valence-electron chi connectivity index (χ2n) is 5.60. The summed E-state index contributed by atoms with van der Waals surface area (Å²) in [4.78, 5) is 2.35. The summed E-state index contributed by atoms with van der Waals surface area (Å²) >= 11 is 0. The lowest BCUT2D eigenvalue weighted by molar-refractivity contribution is 0.137. The average molecular weight is 282 g/mol. The molecule has 0 aromatic heterocycles. The standard InChI is InChI=1S/C16H24F2N2/c1-2-6-19-11-16-5-3-4-7-20(16)12-13-8-14(17)10-15(18)9-13/h8-10,16,19H,2-7,11-12H2,1H3. The molecule has 0 radical (unpaired) electrons. The summed E-state index contributed by atoms with van der Waals surface area (Å²) in [6.45, 7) is 5.79. The lowest BCUT2D eigenvalue weighted by Crippen LogP contribution is -2.45. The lowest BCUT2D eigenvalue weighted by atomic mass is 10.0. The summed E-state index contributed by atoms with van der Waals surface area (Å²) < 4.78 is 26.5. The van der Waals surface area contributed by atoms with Crippen LogP contribution in [-0.2, 0) is 6.54 Å². The summed E-state index contributed by atoms with van der Waals surface area (Å²) in [6, 6.07) is 4.28. The van der Waals surface area contributed by atoms with E-state index in [-0.39, 0.29) is 0 Å². The van der Waals surface area contributed by atoms with Gasteiger partial charge in [0.25, 0.3) is 0 Å². The van der Waals surface area contributed by atoms with Gasteiger partial charge in [0.05, 0.1) is 0 Å². The average Bonchev–Trinajstić information content (AvgIpc) is 2.40. The van der Waals surface area contributed by atoms with Gasteiger partial charge in [-0.05, 0) is 50.0 Å². The van der Waals surface area contributed by atoms with E-state index >= 15 is 0 Å². The summed E-state index contributed by atoms with van der Waals surface area (Å²) in [5, 5.41) is 3.45. The van der Waals surface area contributed by atoms with E-state index in [2.05, 4.69) is 17.1 Å². The predicted molar refractivity (Wildman–Crippen MR) is 77.6 cm³/mol. The molecule has 1 saturated heterocycles. The monoisotopic (exact) mass is 282 g/mol. The molecule has 0 amide bonds.